The number of benzene rings is 1. The lowest BCUT2D eigenvalue weighted by Gasteiger charge is -2.06. The van der Waals surface area contributed by atoms with Crippen molar-refractivity contribution >= 4 is 17.3 Å². The van der Waals surface area contributed by atoms with Gasteiger partial charge in [0.25, 0.3) is 5.69 Å². The first kappa shape index (κ1) is 11.4. The zero-order valence-electron chi connectivity index (χ0n) is 9.11. The quantitative estimate of drug-likeness (QED) is 0.638. The van der Waals surface area contributed by atoms with Crippen molar-refractivity contribution in [2.45, 2.75) is 25.8 Å². The Morgan fingerprint density at radius 2 is 2.06 bits per heavy atom. The molecule has 0 radical (unpaired) electrons. The number of hydrogen-bond acceptors (Lipinski definition) is 3. The van der Waals surface area contributed by atoms with Gasteiger partial charge in [0, 0.05) is 18.0 Å². The molecule has 2 unspecified atom stereocenters. The highest BCUT2D eigenvalue weighted by Crippen LogP contribution is 2.60. The molecule has 1 aliphatic carbocycles. The molecule has 2 rings (SSSR count). The van der Waals surface area contributed by atoms with Gasteiger partial charge in [-0.05, 0) is 11.5 Å². The van der Waals surface area contributed by atoms with Crippen LogP contribution in [0.2, 0.25) is 5.02 Å². The maximum atomic E-state index is 10.9. The fraction of sp³-hybridized carbons (Fsp3) is 0.455. The first-order valence-electron chi connectivity index (χ1n) is 5.05. The predicted octanol–water partition coefficient (Wildman–Crippen LogP) is 2.70. The largest absolute Gasteiger partial charge is 0.327 e. The molecule has 0 saturated heterocycles. The van der Waals surface area contributed by atoms with Crippen LogP contribution in [0.15, 0.2) is 18.2 Å². The zero-order valence-corrected chi connectivity index (χ0v) is 9.86. The molecule has 16 heavy (non-hydrogen) atoms. The molecule has 1 saturated carbocycles. The van der Waals surface area contributed by atoms with Crippen LogP contribution in [-0.4, -0.2) is 11.0 Å². The summed E-state index contributed by atoms with van der Waals surface area (Å²) in [6, 6.07) is 4.67. The molecule has 0 spiro atoms. The predicted molar refractivity (Wildman–Crippen MR) is 62.6 cm³/mol. The second-order valence-electron chi connectivity index (χ2n) is 4.75. The highest BCUT2D eigenvalue weighted by molar-refractivity contribution is 6.31. The molecule has 0 heterocycles. The van der Waals surface area contributed by atoms with Gasteiger partial charge >= 0.3 is 0 Å². The number of nitrogens with zero attached hydrogens (tertiary/aromatic N) is 1. The van der Waals surface area contributed by atoms with Gasteiger partial charge in [-0.1, -0.05) is 31.5 Å². The van der Waals surface area contributed by atoms with Gasteiger partial charge in [-0.2, -0.15) is 0 Å². The zero-order chi connectivity index (χ0) is 12.1. The lowest BCUT2D eigenvalue weighted by molar-refractivity contribution is -0.385. The summed E-state index contributed by atoms with van der Waals surface area (Å²) in [4.78, 5) is 10.5. The lowest BCUT2D eigenvalue weighted by atomic mass is 10.0. The maximum absolute atomic E-state index is 10.9. The van der Waals surface area contributed by atoms with Gasteiger partial charge in [0.1, 0.15) is 0 Å². The van der Waals surface area contributed by atoms with Crippen LogP contribution in [0.5, 0.6) is 0 Å². The molecular weight excluding hydrogens is 228 g/mol. The van der Waals surface area contributed by atoms with Crippen LogP contribution < -0.4 is 5.73 Å². The van der Waals surface area contributed by atoms with E-state index in [9.17, 15) is 10.1 Å². The van der Waals surface area contributed by atoms with E-state index in [1.165, 1.54) is 6.07 Å². The molecule has 0 aromatic heterocycles. The van der Waals surface area contributed by atoms with E-state index < -0.39 is 4.92 Å². The van der Waals surface area contributed by atoms with Gasteiger partial charge in [-0.25, -0.2) is 0 Å². The first-order valence-corrected chi connectivity index (χ1v) is 5.43. The minimum absolute atomic E-state index is 0.0263. The summed E-state index contributed by atoms with van der Waals surface area (Å²) in [7, 11) is 0. The molecular formula is C11H13ClN2O2. The van der Waals surface area contributed by atoms with E-state index in [0.29, 0.717) is 10.6 Å². The number of rotatable bonds is 2. The molecule has 5 heteroatoms. The van der Waals surface area contributed by atoms with Crippen LogP contribution in [0.4, 0.5) is 5.69 Å². The van der Waals surface area contributed by atoms with Gasteiger partial charge in [-0.15, -0.1) is 0 Å². The van der Waals surface area contributed by atoms with Crippen molar-refractivity contribution in [3.05, 3.63) is 38.9 Å². The molecule has 86 valence electrons. The van der Waals surface area contributed by atoms with Gasteiger partial charge < -0.3 is 5.73 Å². The van der Waals surface area contributed by atoms with E-state index in [2.05, 4.69) is 0 Å². The molecule has 1 aromatic rings. The highest BCUT2D eigenvalue weighted by atomic mass is 35.5. The van der Waals surface area contributed by atoms with Crippen LogP contribution in [0.3, 0.4) is 0 Å². The standard InChI is InChI=1S/C11H13ClN2O2/c1-11(2)9(10(11)13)8-6(12)4-3-5-7(8)14(15)16/h3-5,9-10H,13H2,1-2H3. The Labute approximate surface area is 98.5 Å². The Balaban J connectivity index is 2.53. The van der Waals surface area contributed by atoms with Crippen molar-refractivity contribution in [2.75, 3.05) is 0 Å². The molecule has 2 N–H and O–H groups in total. The normalized spacial score (nSPS) is 26.5. The summed E-state index contributed by atoms with van der Waals surface area (Å²) < 4.78 is 0. The van der Waals surface area contributed by atoms with Crippen molar-refractivity contribution in [3.63, 3.8) is 0 Å². The van der Waals surface area contributed by atoms with Gasteiger partial charge in [0.2, 0.25) is 0 Å². The Kier molecular flexibility index (Phi) is 2.44. The van der Waals surface area contributed by atoms with E-state index in [-0.39, 0.29) is 23.1 Å². The summed E-state index contributed by atoms with van der Waals surface area (Å²) in [5, 5.41) is 11.4. The molecule has 0 aliphatic heterocycles. The first-order chi connectivity index (χ1) is 7.37. The molecule has 1 aromatic carbocycles. The third-order valence-corrected chi connectivity index (χ3v) is 3.78. The summed E-state index contributed by atoms with van der Waals surface area (Å²) >= 11 is 6.04. The average Bonchev–Trinajstić information content (AvgIpc) is 2.66. The second-order valence-corrected chi connectivity index (χ2v) is 5.16. The van der Waals surface area contributed by atoms with Gasteiger partial charge in [0.05, 0.1) is 15.5 Å². The van der Waals surface area contributed by atoms with Crippen LogP contribution >= 0.6 is 11.6 Å². The minimum atomic E-state index is -0.400. The SMILES string of the molecule is CC1(C)C(N)C1c1c(Cl)cccc1[N+](=O)[O-]. The van der Waals surface area contributed by atoms with E-state index in [1.54, 1.807) is 12.1 Å². The summed E-state index contributed by atoms with van der Waals surface area (Å²) in [5.74, 6) is -0.0263. The molecule has 1 aliphatic rings. The summed E-state index contributed by atoms with van der Waals surface area (Å²) in [6.07, 6.45) is 0. The summed E-state index contributed by atoms with van der Waals surface area (Å²) in [5.41, 5.74) is 6.46. The average molecular weight is 241 g/mol. The topological polar surface area (TPSA) is 69.2 Å². The Hall–Kier alpha value is -1.13. The van der Waals surface area contributed by atoms with E-state index >= 15 is 0 Å². The van der Waals surface area contributed by atoms with E-state index in [0.717, 1.165) is 0 Å². The fourth-order valence-electron chi connectivity index (χ4n) is 2.22. The lowest BCUT2D eigenvalue weighted by Crippen LogP contribution is -2.06. The van der Waals surface area contributed by atoms with Gasteiger partial charge in [0.15, 0.2) is 0 Å². The summed E-state index contributed by atoms with van der Waals surface area (Å²) in [6.45, 7) is 3.99. The smallest absolute Gasteiger partial charge is 0.274 e. The maximum Gasteiger partial charge on any atom is 0.274 e. The molecule has 4 nitrogen and oxygen atoms in total. The van der Waals surface area contributed by atoms with Gasteiger partial charge in [-0.3, -0.25) is 10.1 Å². The van der Waals surface area contributed by atoms with Crippen molar-refractivity contribution in [3.8, 4) is 0 Å². The van der Waals surface area contributed by atoms with Crippen molar-refractivity contribution in [2.24, 2.45) is 11.1 Å². The Bertz CT molecular complexity index is 459. The van der Waals surface area contributed by atoms with Crippen LogP contribution in [0.1, 0.15) is 25.3 Å². The monoisotopic (exact) mass is 240 g/mol. The number of nitro benzene ring substituents is 1. The third kappa shape index (κ3) is 1.49. The molecule has 1 fully saturated rings. The molecule has 0 amide bonds. The number of nitro groups is 1. The van der Waals surface area contributed by atoms with Crippen molar-refractivity contribution in [1.82, 2.24) is 0 Å². The molecule has 2 atom stereocenters. The second kappa shape index (κ2) is 3.43. The van der Waals surface area contributed by atoms with Crippen LogP contribution in [0.25, 0.3) is 0 Å². The number of hydrogen-bond donors (Lipinski definition) is 1. The Morgan fingerprint density at radius 3 is 2.50 bits per heavy atom. The fourth-order valence-corrected chi connectivity index (χ4v) is 2.51. The highest BCUT2D eigenvalue weighted by Gasteiger charge is 2.58. The van der Waals surface area contributed by atoms with Crippen LogP contribution in [0, 0.1) is 15.5 Å². The minimum Gasteiger partial charge on any atom is -0.327 e. The van der Waals surface area contributed by atoms with Crippen molar-refractivity contribution in [1.29, 1.82) is 0 Å². The van der Waals surface area contributed by atoms with E-state index in [1.807, 2.05) is 13.8 Å². The molecule has 0 bridgehead atoms. The van der Waals surface area contributed by atoms with Crippen LogP contribution in [-0.2, 0) is 0 Å². The Morgan fingerprint density at radius 1 is 1.50 bits per heavy atom. The third-order valence-electron chi connectivity index (χ3n) is 3.45. The van der Waals surface area contributed by atoms with Crippen molar-refractivity contribution < 1.29 is 4.92 Å². The van der Waals surface area contributed by atoms with E-state index in [4.69, 9.17) is 17.3 Å². The number of halogens is 1. The number of nitrogens with two attached hydrogens (primary N) is 1.